The van der Waals surface area contributed by atoms with Crippen molar-refractivity contribution < 1.29 is 9.53 Å². The van der Waals surface area contributed by atoms with Gasteiger partial charge >= 0.3 is 5.97 Å². The van der Waals surface area contributed by atoms with Crippen molar-refractivity contribution in [1.82, 2.24) is 0 Å². The maximum absolute atomic E-state index is 11.7. The van der Waals surface area contributed by atoms with E-state index in [-0.39, 0.29) is 5.97 Å². The molecule has 3 nitrogen and oxygen atoms in total. The number of carbonyl (C=O) groups is 1. The fourth-order valence-electron chi connectivity index (χ4n) is 2.89. The van der Waals surface area contributed by atoms with Crippen LogP contribution in [0.5, 0.6) is 0 Å². The lowest BCUT2D eigenvalue weighted by atomic mass is 10.0. The summed E-state index contributed by atoms with van der Waals surface area (Å²) in [6.45, 7) is 4.47. The van der Waals surface area contributed by atoms with E-state index < -0.39 is 0 Å². The SMILES string of the molecule is CCOC(=O)c1ccc(NC2CCCC2CC)c(Br)c1. The van der Waals surface area contributed by atoms with E-state index in [1.165, 1.54) is 25.7 Å². The maximum Gasteiger partial charge on any atom is 0.338 e. The van der Waals surface area contributed by atoms with E-state index in [1.807, 2.05) is 25.1 Å². The van der Waals surface area contributed by atoms with Crippen molar-refractivity contribution in [2.45, 2.75) is 45.6 Å². The smallest absolute Gasteiger partial charge is 0.338 e. The summed E-state index contributed by atoms with van der Waals surface area (Å²) in [5.41, 5.74) is 1.64. The van der Waals surface area contributed by atoms with Gasteiger partial charge in [-0.15, -0.1) is 0 Å². The van der Waals surface area contributed by atoms with Gasteiger partial charge in [-0.3, -0.25) is 0 Å². The standard InChI is InChI=1S/C16H22BrNO2/c1-3-11-6-5-7-14(11)18-15-9-8-12(10-13(15)17)16(19)20-4-2/h8-11,14,18H,3-7H2,1-2H3. The highest BCUT2D eigenvalue weighted by Gasteiger charge is 2.26. The average molecular weight is 340 g/mol. The number of esters is 1. The maximum atomic E-state index is 11.7. The Morgan fingerprint density at radius 3 is 2.85 bits per heavy atom. The normalized spacial score (nSPS) is 21.8. The molecule has 0 amide bonds. The van der Waals surface area contributed by atoms with Gasteiger partial charge in [-0.25, -0.2) is 4.79 Å². The summed E-state index contributed by atoms with van der Waals surface area (Å²) in [6, 6.07) is 6.16. The lowest BCUT2D eigenvalue weighted by Gasteiger charge is -2.21. The zero-order valence-corrected chi connectivity index (χ0v) is 13.7. The van der Waals surface area contributed by atoms with Crippen LogP contribution >= 0.6 is 15.9 Å². The molecule has 2 rings (SSSR count). The number of carbonyl (C=O) groups excluding carboxylic acids is 1. The molecule has 110 valence electrons. The van der Waals surface area contributed by atoms with Gasteiger partial charge in [-0.1, -0.05) is 19.8 Å². The van der Waals surface area contributed by atoms with E-state index in [1.54, 1.807) is 0 Å². The van der Waals surface area contributed by atoms with E-state index in [2.05, 4.69) is 28.2 Å². The van der Waals surface area contributed by atoms with Crippen molar-refractivity contribution in [1.29, 1.82) is 0 Å². The molecule has 1 fully saturated rings. The first kappa shape index (κ1) is 15.4. The second-order valence-electron chi connectivity index (χ2n) is 5.27. The van der Waals surface area contributed by atoms with Gasteiger partial charge in [-0.2, -0.15) is 0 Å². The van der Waals surface area contributed by atoms with Crippen molar-refractivity contribution in [3.63, 3.8) is 0 Å². The predicted octanol–water partition coefficient (Wildman–Crippen LogP) is 4.62. The molecule has 0 aliphatic heterocycles. The Labute approximate surface area is 129 Å². The van der Waals surface area contributed by atoms with Gasteiger partial charge in [0.15, 0.2) is 0 Å². The van der Waals surface area contributed by atoms with Gasteiger partial charge in [0.25, 0.3) is 0 Å². The number of hydrogen-bond donors (Lipinski definition) is 1. The molecule has 4 heteroatoms. The first-order chi connectivity index (χ1) is 9.65. The molecule has 0 radical (unpaired) electrons. The monoisotopic (exact) mass is 339 g/mol. The largest absolute Gasteiger partial charge is 0.462 e. The van der Waals surface area contributed by atoms with Crippen LogP contribution in [0.4, 0.5) is 5.69 Å². The van der Waals surface area contributed by atoms with Crippen molar-refractivity contribution in [2.24, 2.45) is 5.92 Å². The Bertz CT molecular complexity index is 476. The van der Waals surface area contributed by atoms with Crippen LogP contribution < -0.4 is 5.32 Å². The number of hydrogen-bond acceptors (Lipinski definition) is 3. The molecule has 0 saturated heterocycles. The van der Waals surface area contributed by atoms with Crippen LogP contribution in [0, 0.1) is 5.92 Å². The fraction of sp³-hybridized carbons (Fsp3) is 0.562. The van der Waals surface area contributed by atoms with Gasteiger partial charge in [0.1, 0.15) is 0 Å². The predicted molar refractivity (Wildman–Crippen MR) is 85.1 cm³/mol. The third-order valence-electron chi connectivity index (χ3n) is 4.00. The minimum atomic E-state index is -0.271. The molecular formula is C16H22BrNO2. The molecule has 2 unspecified atom stereocenters. The minimum Gasteiger partial charge on any atom is -0.462 e. The zero-order valence-electron chi connectivity index (χ0n) is 12.1. The molecule has 2 atom stereocenters. The van der Waals surface area contributed by atoms with Crippen LogP contribution in [0.1, 0.15) is 49.9 Å². The Morgan fingerprint density at radius 1 is 1.40 bits per heavy atom. The highest BCUT2D eigenvalue weighted by molar-refractivity contribution is 9.10. The second-order valence-corrected chi connectivity index (χ2v) is 6.12. The number of nitrogens with one attached hydrogen (secondary N) is 1. The Kier molecular flexibility index (Phi) is 5.46. The number of ether oxygens (including phenoxy) is 1. The van der Waals surface area contributed by atoms with Crippen molar-refractivity contribution in [3.8, 4) is 0 Å². The summed E-state index contributed by atoms with van der Waals surface area (Å²) in [5.74, 6) is 0.485. The molecule has 0 bridgehead atoms. The Balaban J connectivity index is 2.08. The highest BCUT2D eigenvalue weighted by atomic mass is 79.9. The zero-order chi connectivity index (χ0) is 14.5. The number of rotatable bonds is 5. The third kappa shape index (κ3) is 3.54. The molecule has 20 heavy (non-hydrogen) atoms. The van der Waals surface area contributed by atoms with Crippen molar-refractivity contribution >= 4 is 27.6 Å². The van der Waals surface area contributed by atoms with Gasteiger partial charge in [0.05, 0.1) is 12.2 Å². The lowest BCUT2D eigenvalue weighted by molar-refractivity contribution is 0.0526. The molecule has 0 heterocycles. The van der Waals surface area contributed by atoms with Crippen LogP contribution in [-0.4, -0.2) is 18.6 Å². The number of halogens is 1. The Hall–Kier alpha value is -1.03. The summed E-state index contributed by atoms with van der Waals surface area (Å²) in [4.78, 5) is 11.7. The lowest BCUT2D eigenvalue weighted by Crippen LogP contribution is -2.23. The molecule has 1 aliphatic rings. The average Bonchev–Trinajstić information content (AvgIpc) is 2.88. The summed E-state index contributed by atoms with van der Waals surface area (Å²) in [5, 5.41) is 3.61. The molecule has 1 N–H and O–H groups in total. The van der Waals surface area contributed by atoms with E-state index in [0.29, 0.717) is 18.2 Å². The molecule has 1 aromatic rings. The van der Waals surface area contributed by atoms with E-state index in [4.69, 9.17) is 4.74 Å². The third-order valence-corrected chi connectivity index (χ3v) is 4.66. The summed E-state index contributed by atoms with van der Waals surface area (Å²) in [6.07, 6.45) is 5.06. The van der Waals surface area contributed by atoms with Crippen LogP contribution in [0.3, 0.4) is 0 Å². The van der Waals surface area contributed by atoms with Crippen molar-refractivity contribution in [3.05, 3.63) is 28.2 Å². The fourth-order valence-corrected chi connectivity index (χ4v) is 3.38. The van der Waals surface area contributed by atoms with E-state index in [0.717, 1.165) is 16.1 Å². The quantitative estimate of drug-likeness (QED) is 0.795. The molecule has 0 spiro atoms. The van der Waals surface area contributed by atoms with Gasteiger partial charge in [0.2, 0.25) is 0 Å². The van der Waals surface area contributed by atoms with E-state index >= 15 is 0 Å². The van der Waals surface area contributed by atoms with Crippen LogP contribution in [-0.2, 0) is 4.74 Å². The van der Waals surface area contributed by atoms with Crippen LogP contribution in [0.2, 0.25) is 0 Å². The summed E-state index contributed by atoms with van der Waals surface area (Å²) in [7, 11) is 0. The van der Waals surface area contributed by atoms with E-state index in [9.17, 15) is 4.79 Å². The molecule has 0 aromatic heterocycles. The molecular weight excluding hydrogens is 318 g/mol. The summed E-state index contributed by atoms with van der Waals surface area (Å²) < 4.78 is 5.93. The van der Waals surface area contributed by atoms with Gasteiger partial charge in [0, 0.05) is 16.2 Å². The Morgan fingerprint density at radius 2 is 2.20 bits per heavy atom. The van der Waals surface area contributed by atoms with Gasteiger partial charge < -0.3 is 10.1 Å². The van der Waals surface area contributed by atoms with Crippen LogP contribution in [0.25, 0.3) is 0 Å². The first-order valence-electron chi connectivity index (χ1n) is 7.38. The minimum absolute atomic E-state index is 0.271. The first-order valence-corrected chi connectivity index (χ1v) is 8.18. The highest BCUT2D eigenvalue weighted by Crippen LogP contribution is 2.33. The number of anilines is 1. The summed E-state index contributed by atoms with van der Waals surface area (Å²) >= 11 is 3.55. The van der Waals surface area contributed by atoms with Crippen LogP contribution in [0.15, 0.2) is 22.7 Å². The molecule has 1 aliphatic carbocycles. The molecule has 1 saturated carbocycles. The topological polar surface area (TPSA) is 38.3 Å². The molecule has 1 aromatic carbocycles. The van der Waals surface area contributed by atoms with Crippen molar-refractivity contribution in [2.75, 3.05) is 11.9 Å². The second kappa shape index (κ2) is 7.11. The van der Waals surface area contributed by atoms with Gasteiger partial charge in [-0.05, 0) is 59.8 Å². The number of benzene rings is 1.